The Morgan fingerprint density at radius 3 is 2.70 bits per heavy atom. The molecule has 20 heavy (non-hydrogen) atoms. The zero-order chi connectivity index (χ0) is 14.2. The number of rotatable bonds is 6. The molecular weight excluding hydrogens is 256 g/mol. The van der Waals surface area contributed by atoms with E-state index in [0.29, 0.717) is 44.9 Å². The maximum absolute atomic E-state index is 12.0. The van der Waals surface area contributed by atoms with Crippen LogP contribution in [0.25, 0.3) is 0 Å². The van der Waals surface area contributed by atoms with Gasteiger partial charge in [-0.15, -0.1) is 0 Å². The Kier molecular flexibility index (Phi) is 6.60. The van der Waals surface area contributed by atoms with Gasteiger partial charge in [0.1, 0.15) is 0 Å². The van der Waals surface area contributed by atoms with Crippen molar-refractivity contribution >= 4 is 6.03 Å². The van der Waals surface area contributed by atoms with E-state index in [9.17, 15) is 4.79 Å². The number of amides is 2. The number of hydrogen-bond acceptors (Lipinski definition) is 3. The number of carbonyl (C=O) groups is 1. The molecule has 1 N–H and O–H groups in total. The highest BCUT2D eigenvalue weighted by Gasteiger charge is 2.25. The molecule has 1 saturated heterocycles. The molecule has 0 aromatic carbocycles. The van der Waals surface area contributed by atoms with Crippen LogP contribution in [0.2, 0.25) is 0 Å². The van der Waals surface area contributed by atoms with Gasteiger partial charge in [-0.25, -0.2) is 4.79 Å². The van der Waals surface area contributed by atoms with Crippen molar-refractivity contribution < 1.29 is 14.3 Å². The highest BCUT2D eigenvalue weighted by Crippen LogP contribution is 2.30. The van der Waals surface area contributed by atoms with E-state index in [1.165, 1.54) is 25.7 Å². The van der Waals surface area contributed by atoms with Gasteiger partial charge in [0.25, 0.3) is 0 Å². The monoisotopic (exact) mass is 284 g/mol. The average molecular weight is 284 g/mol. The molecule has 1 heterocycles. The Hall–Kier alpha value is -0.810. The number of urea groups is 1. The number of ether oxygens (including phenoxy) is 2. The standard InChI is InChI=1S/C15H28N2O3/c1-2-20-14(13-5-3-4-6-13)7-8-16-15(18)17-9-11-19-12-10-17/h13-14H,2-12H2,1H3,(H,16,18). The van der Waals surface area contributed by atoms with Crippen LogP contribution in [0, 0.1) is 5.92 Å². The first-order valence-corrected chi connectivity index (χ1v) is 8.03. The van der Waals surface area contributed by atoms with Gasteiger partial charge in [0, 0.05) is 26.2 Å². The normalized spacial score (nSPS) is 21.9. The minimum atomic E-state index is 0.0370. The van der Waals surface area contributed by atoms with Gasteiger partial charge >= 0.3 is 6.03 Å². The van der Waals surface area contributed by atoms with Crippen LogP contribution in [0.3, 0.4) is 0 Å². The van der Waals surface area contributed by atoms with Gasteiger partial charge in [-0.3, -0.25) is 0 Å². The molecular formula is C15H28N2O3. The molecule has 1 aliphatic carbocycles. The third kappa shape index (κ3) is 4.63. The van der Waals surface area contributed by atoms with Gasteiger partial charge in [-0.2, -0.15) is 0 Å². The van der Waals surface area contributed by atoms with Crippen LogP contribution in [0.1, 0.15) is 39.0 Å². The van der Waals surface area contributed by atoms with Gasteiger partial charge in [-0.1, -0.05) is 12.8 Å². The lowest BCUT2D eigenvalue weighted by atomic mass is 9.98. The Labute approximate surface area is 122 Å². The van der Waals surface area contributed by atoms with E-state index in [4.69, 9.17) is 9.47 Å². The SMILES string of the molecule is CCOC(CCNC(=O)N1CCOCC1)C1CCCC1. The second-order valence-electron chi connectivity index (χ2n) is 5.66. The van der Waals surface area contributed by atoms with Gasteiger partial charge < -0.3 is 19.7 Å². The third-order valence-corrected chi connectivity index (χ3v) is 4.31. The molecule has 0 aromatic heterocycles. The molecule has 2 rings (SSSR count). The van der Waals surface area contributed by atoms with Crippen molar-refractivity contribution in [3.63, 3.8) is 0 Å². The summed E-state index contributed by atoms with van der Waals surface area (Å²) in [5, 5.41) is 3.02. The van der Waals surface area contributed by atoms with E-state index in [-0.39, 0.29) is 6.03 Å². The van der Waals surface area contributed by atoms with Gasteiger partial charge in [-0.05, 0) is 32.1 Å². The lowest BCUT2D eigenvalue weighted by Crippen LogP contribution is -2.46. The van der Waals surface area contributed by atoms with Gasteiger partial charge in [0.05, 0.1) is 19.3 Å². The Bertz CT molecular complexity index is 287. The lowest BCUT2D eigenvalue weighted by molar-refractivity contribution is 0.0160. The number of nitrogens with zero attached hydrogens (tertiary/aromatic N) is 1. The van der Waals surface area contributed by atoms with Crippen molar-refractivity contribution in [2.24, 2.45) is 5.92 Å². The first kappa shape index (κ1) is 15.6. The van der Waals surface area contributed by atoms with E-state index < -0.39 is 0 Å². The van der Waals surface area contributed by atoms with Crippen molar-refractivity contribution in [2.45, 2.75) is 45.1 Å². The van der Waals surface area contributed by atoms with Crippen molar-refractivity contribution in [3.05, 3.63) is 0 Å². The van der Waals surface area contributed by atoms with Crippen molar-refractivity contribution in [2.75, 3.05) is 39.5 Å². The van der Waals surface area contributed by atoms with Gasteiger partial charge in [0.2, 0.25) is 0 Å². The molecule has 0 aromatic rings. The summed E-state index contributed by atoms with van der Waals surface area (Å²) in [6.45, 7) is 6.21. The summed E-state index contributed by atoms with van der Waals surface area (Å²) in [6.07, 6.45) is 6.45. The maximum Gasteiger partial charge on any atom is 0.317 e. The van der Waals surface area contributed by atoms with Crippen LogP contribution in [-0.2, 0) is 9.47 Å². The topological polar surface area (TPSA) is 50.8 Å². The minimum Gasteiger partial charge on any atom is -0.378 e. The van der Waals surface area contributed by atoms with E-state index in [0.717, 1.165) is 13.0 Å². The lowest BCUT2D eigenvalue weighted by Gasteiger charge is -2.28. The molecule has 0 radical (unpaired) electrons. The summed E-state index contributed by atoms with van der Waals surface area (Å²) in [5.41, 5.74) is 0. The predicted octanol–water partition coefficient (Wildman–Crippen LogP) is 2.01. The molecule has 5 heteroatoms. The number of carbonyl (C=O) groups excluding carboxylic acids is 1. The molecule has 2 amide bonds. The number of nitrogens with one attached hydrogen (secondary N) is 1. The maximum atomic E-state index is 12.0. The molecule has 1 saturated carbocycles. The van der Waals surface area contributed by atoms with Crippen LogP contribution in [-0.4, -0.2) is 56.5 Å². The predicted molar refractivity (Wildman–Crippen MR) is 77.8 cm³/mol. The average Bonchev–Trinajstić information content (AvgIpc) is 3.01. The summed E-state index contributed by atoms with van der Waals surface area (Å²) < 4.78 is 11.1. The fourth-order valence-electron chi connectivity index (χ4n) is 3.20. The summed E-state index contributed by atoms with van der Waals surface area (Å²) in [5.74, 6) is 0.690. The molecule has 2 fully saturated rings. The smallest absolute Gasteiger partial charge is 0.317 e. The highest BCUT2D eigenvalue weighted by atomic mass is 16.5. The zero-order valence-electron chi connectivity index (χ0n) is 12.6. The van der Waals surface area contributed by atoms with E-state index in [1.54, 1.807) is 0 Å². The second-order valence-corrected chi connectivity index (χ2v) is 5.66. The van der Waals surface area contributed by atoms with Crippen LogP contribution >= 0.6 is 0 Å². The first-order valence-electron chi connectivity index (χ1n) is 8.03. The van der Waals surface area contributed by atoms with Crippen LogP contribution in [0.4, 0.5) is 4.79 Å². The molecule has 1 atom stereocenters. The Morgan fingerprint density at radius 1 is 1.35 bits per heavy atom. The number of morpholine rings is 1. The van der Waals surface area contributed by atoms with Crippen LogP contribution in [0.5, 0.6) is 0 Å². The Morgan fingerprint density at radius 2 is 2.05 bits per heavy atom. The van der Waals surface area contributed by atoms with Crippen LogP contribution in [0.15, 0.2) is 0 Å². The van der Waals surface area contributed by atoms with Crippen molar-refractivity contribution in [1.29, 1.82) is 0 Å². The fraction of sp³-hybridized carbons (Fsp3) is 0.933. The molecule has 0 spiro atoms. The van der Waals surface area contributed by atoms with E-state index in [2.05, 4.69) is 5.32 Å². The molecule has 1 unspecified atom stereocenters. The summed E-state index contributed by atoms with van der Waals surface area (Å²) in [4.78, 5) is 13.8. The van der Waals surface area contributed by atoms with E-state index in [1.807, 2.05) is 11.8 Å². The van der Waals surface area contributed by atoms with Crippen LogP contribution < -0.4 is 5.32 Å². The molecule has 0 bridgehead atoms. The largest absolute Gasteiger partial charge is 0.378 e. The Balaban J connectivity index is 1.67. The zero-order valence-corrected chi connectivity index (χ0v) is 12.6. The second kappa shape index (κ2) is 8.47. The molecule has 1 aliphatic heterocycles. The third-order valence-electron chi connectivity index (χ3n) is 4.31. The van der Waals surface area contributed by atoms with Gasteiger partial charge in [0.15, 0.2) is 0 Å². The fourth-order valence-corrected chi connectivity index (χ4v) is 3.20. The summed E-state index contributed by atoms with van der Waals surface area (Å²) in [6, 6.07) is 0.0370. The summed E-state index contributed by atoms with van der Waals surface area (Å²) >= 11 is 0. The number of hydrogen-bond donors (Lipinski definition) is 1. The van der Waals surface area contributed by atoms with Crippen molar-refractivity contribution in [3.8, 4) is 0 Å². The quantitative estimate of drug-likeness (QED) is 0.812. The molecule has 5 nitrogen and oxygen atoms in total. The molecule has 116 valence electrons. The van der Waals surface area contributed by atoms with Crippen molar-refractivity contribution in [1.82, 2.24) is 10.2 Å². The molecule has 2 aliphatic rings. The van der Waals surface area contributed by atoms with E-state index >= 15 is 0 Å². The first-order chi connectivity index (χ1) is 9.81. The minimum absolute atomic E-state index is 0.0370. The summed E-state index contributed by atoms with van der Waals surface area (Å²) in [7, 11) is 0. The highest BCUT2D eigenvalue weighted by molar-refractivity contribution is 5.74.